The topological polar surface area (TPSA) is 49.4 Å². The molecule has 6 heteroatoms. The van der Waals surface area contributed by atoms with Crippen molar-refractivity contribution >= 4 is 21.6 Å². The molecular weight excluding hydrogens is 296 g/mol. The largest absolute Gasteiger partial charge is 0.316 e. The number of piperidine rings is 1. The minimum atomic E-state index is -3.40. The van der Waals surface area contributed by atoms with E-state index in [1.54, 1.807) is 22.5 Å². The van der Waals surface area contributed by atoms with Gasteiger partial charge in [-0.25, -0.2) is 8.42 Å². The monoisotopic (exact) mass is 316 g/mol. The van der Waals surface area contributed by atoms with Gasteiger partial charge in [0.1, 0.15) is 0 Å². The third-order valence-electron chi connectivity index (χ3n) is 3.76. The Morgan fingerprint density at radius 2 is 2.00 bits per heavy atom. The van der Waals surface area contributed by atoms with Crippen molar-refractivity contribution in [2.24, 2.45) is 5.92 Å². The number of nitrogens with zero attached hydrogens (tertiary/aromatic N) is 1. The molecule has 4 nitrogen and oxygen atoms in total. The SMILES string of the molecule is CNCc1cc(S(=O)(=O)N2CCC(C)CC2)ccc1Cl. The molecule has 0 aliphatic carbocycles. The number of halogens is 1. The first kappa shape index (κ1) is 15.8. The molecule has 0 spiro atoms. The Bertz CT molecular complexity index is 567. The van der Waals surface area contributed by atoms with Crippen molar-refractivity contribution in [2.75, 3.05) is 20.1 Å². The highest BCUT2D eigenvalue weighted by atomic mass is 35.5. The molecule has 2 rings (SSSR count). The molecule has 1 N–H and O–H groups in total. The Balaban J connectivity index is 2.27. The van der Waals surface area contributed by atoms with Crippen LogP contribution in [0.15, 0.2) is 23.1 Å². The van der Waals surface area contributed by atoms with E-state index in [0.717, 1.165) is 18.4 Å². The average molecular weight is 317 g/mol. The molecule has 0 aromatic heterocycles. The third kappa shape index (κ3) is 3.34. The molecule has 1 heterocycles. The van der Waals surface area contributed by atoms with Gasteiger partial charge >= 0.3 is 0 Å². The van der Waals surface area contributed by atoms with Crippen LogP contribution in [0.1, 0.15) is 25.3 Å². The number of hydrogen-bond donors (Lipinski definition) is 1. The maximum Gasteiger partial charge on any atom is 0.243 e. The summed E-state index contributed by atoms with van der Waals surface area (Å²) in [5.74, 6) is 0.603. The van der Waals surface area contributed by atoms with Crippen LogP contribution in [0, 0.1) is 5.92 Å². The molecule has 20 heavy (non-hydrogen) atoms. The Kier molecular flexibility index (Phi) is 5.07. The second-order valence-electron chi connectivity index (χ2n) is 5.37. The smallest absolute Gasteiger partial charge is 0.243 e. The molecule has 1 aromatic rings. The Morgan fingerprint density at radius 1 is 1.35 bits per heavy atom. The molecule has 0 amide bonds. The zero-order valence-corrected chi connectivity index (χ0v) is 13.5. The number of benzene rings is 1. The van der Waals surface area contributed by atoms with Gasteiger partial charge in [-0.3, -0.25) is 0 Å². The van der Waals surface area contributed by atoms with Crippen LogP contribution in [-0.2, 0) is 16.6 Å². The van der Waals surface area contributed by atoms with Crippen molar-refractivity contribution in [2.45, 2.75) is 31.2 Å². The summed E-state index contributed by atoms with van der Waals surface area (Å²) in [6.07, 6.45) is 1.85. The summed E-state index contributed by atoms with van der Waals surface area (Å²) in [6.45, 7) is 3.93. The van der Waals surface area contributed by atoms with Gasteiger partial charge in [-0.2, -0.15) is 4.31 Å². The van der Waals surface area contributed by atoms with Crippen molar-refractivity contribution in [3.63, 3.8) is 0 Å². The minimum Gasteiger partial charge on any atom is -0.316 e. The summed E-state index contributed by atoms with van der Waals surface area (Å²) in [5, 5.41) is 3.58. The van der Waals surface area contributed by atoms with Gasteiger partial charge < -0.3 is 5.32 Å². The summed E-state index contributed by atoms with van der Waals surface area (Å²) in [5.41, 5.74) is 0.806. The first-order valence-electron chi connectivity index (χ1n) is 6.88. The Labute approximate surface area is 126 Å². The second kappa shape index (κ2) is 6.43. The van der Waals surface area contributed by atoms with Gasteiger partial charge in [-0.05, 0) is 49.6 Å². The van der Waals surface area contributed by atoms with E-state index < -0.39 is 10.0 Å². The van der Waals surface area contributed by atoms with Gasteiger partial charge in [-0.1, -0.05) is 18.5 Å². The molecule has 0 radical (unpaired) electrons. The molecule has 0 bridgehead atoms. The zero-order chi connectivity index (χ0) is 14.8. The van der Waals surface area contributed by atoms with Gasteiger partial charge in [0.05, 0.1) is 4.90 Å². The van der Waals surface area contributed by atoms with Crippen LogP contribution in [0.2, 0.25) is 5.02 Å². The number of hydrogen-bond acceptors (Lipinski definition) is 3. The van der Waals surface area contributed by atoms with Crippen molar-refractivity contribution in [3.05, 3.63) is 28.8 Å². The lowest BCUT2D eigenvalue weighted by Crippen LogP contribution is -2.37. The van der Waals surface area contributed by atoms with Gasteiger partial charge in [0.15, 0.2) is 0 Å². The molecule has 1 fully saturated rings. The fourth-order valence-electron chi connectivity index (χ4n) is 2.41. The van der Waals surface area contributed by atoms with Gasteiger partial charge in [0, 0.05) is 24.7 Å². The molecule has 112 valence electrons. The predicted molar refractivity (Wildman–Crippen MR) is 81.4 cm³/mol. The van der Waals surface area contributed by atoms with Gasteiger partial charge in [-0.15, -0.1) is 0 Å². The lowest BCUT2D eigenvalue weighted by Gasteiger charge is -2.29. The predicted octanol–water partition coefficient (Wildman–Crippen LogP) is 2.48. The first-order valence-corrected chi connectivity index (χ1v) is 8.70. The highest BCUT2D eigenvalue weighted by molar-refractivity contribution is 7.89. The normalized spacial score (nSPS) is 18.4. The average Bonchev–Trinajstić information content (AvgIpc) is 2.42. The number of sulfonamides is 1. The van der Waals surface area contributed by atoms with E-state index >= 15 is 0 Å². The van der Waals surface area contributed by atoms with E-state index in [4.69, 9.17) is 11.6 Å². The van der Waals surface area contributed by atoms with Crippen LogP contribution in [0.4, 0.5) is 0 Å². The summed E-state index contributed by atoms with van der Waals surface area (Å²) in [4.78, 5) is 0.335. The second-order valence-corrected chi connectivity index (χ2v) is 7.72. The lowest BCUT2D eigenvalue weighted by atomic mass is 10.0. The van der Waals surface area contributed by atoms with E-state index in [9.17, 15) is 8.42 Å². The third-order valence-corrected chi connectivity index (χ3v) is 6.03. The Morgan fingerprint density at radius 3 is 2.60 bits per heavy atom. The zero-order valence-electron chi connectivity index (χ0n) is 11.9. The van der Waals surface area contributed by atoms with Crippen LogP contribution in [-0.4, -0.2) is 32.9 Å². The van der Waals surface area contributed by atoms with E-state index in [2.05, 4.69) is 12.2 Å². The van der Waals surface area contributed by atoms with Crippen LogP contribution in [0.25, 0.3) is 0 Å². The molecule has 1 saturated heterocycles. The fourth-order valence-corrected chi connectivity index (χ4v) is 4.12. The molecule has 1 aliphatic rings. The first-order chi connectivity index (χ1) is 9.45. The quantitative estimate of drug-likeness (QED) is 0.928. The van der Waals surface area contributed by atoms with Crippen LogP contribution >= 0.6 is 11.6 Å². The van der Waals surface area contributed by atoms with Crippen LogP contribution in [0.5, 0.6) is 0 Å². The van der Waals surface area contributed by atoms with Crippen molar-refractivity contribution < 1.29 is 8.42 Å². The summed E-state index contributed by atoms with van der Waals surface area (Å²) in [6, 6.07) is 4.93. The Hall–Kier alpha value is -0.620. The molecule has 0 unspecified atom stereocenters. The highest BCUT2D eigenvalue weighted by Gasteiger charge is 2.28. The molecule has 0 saturated carbocycles. The number of rotatable bonds is 4. The highest BCUT2D eigenvalue weighted by Crippen LogP contribution is 2.26. The summed E-state index contributed by atoms with van der Waals surface area (Å²) in [7, 11) is -1.59. The van der Waals surface area contributed by atoms with E-state index in [-0.39, 0.29) is 0 Å². The van der Waals surface area contributed by atoms with E-state index in [1.807, 2.05) is 7.05 Å². The lowest BCUT2D eigenvalue weighted by molar-refractivity contribution is 0.288. The molecule has 0 atom stereocenters. The maximum atomic E-state index is 12.6. The van der Waals surface area contributed by atoms with E-state index in [1.165, 1.54) is 0 Å². The van der Waals surface area contributed by atoms with E-state index in [0.29, 0.717) is 35.5 Å². The summed E-state index contributed by atoms with van der Waals surface area (Å²) >= 11 is 6.08. The minimum absolute atomic E-state index is 0.335. The van der Waals surface area contributed by atoms with Crippen LogP contribution in [0.3, 0.4) is 0 Å². The van der Waals surface area contributed by atoms with Crippen LogP contribution < -0.4 is 5.32 Å². The fraction of sp³-hybridized carbons (Fsp3) is 0.571. The molecule has 1 aromatic carbocycles. The standard InChI is InChI=1S/C14H21ClN2O2S/c1-11-5-7-17(8-6-11)20(18,19)13-3-4-14(15)12(9-13)10-16-2/h3-4,9,11,16H,5-8,10H2,1-2H3. The summed E-state index contributed by atoms with van der Waals surface area (Å²) < 4.78 is 26.8. The van der Waals surface area contributed by atoms with Crippen molar-refractivity contribution in [1.82, 2.24) is 9.62 Å². The maximum absolute atomic E-state index is 12.6. The number of nitrogens with one attached hydrogen (secondary N) is 1. The molecular formula is C14H21ClN2O2S. The van der Waals surface area contributed by atoms with Gasteiger partial charge in [0.25, 0.3) is 0 Å². The van der Waals surface area contributed by atoms with Crippen molar-refractivity contribution in [3.8, 4) is 0 Å². The van der Waals surface area contributed by atoms with Crippen molar-refractivity contribution in [1.29, 1.82) is 0 Å². The molecule has 1 aliphatic heterocycles. The van der Waals surface area contributed by atoms with Gasteiger partial charge in [0.2, 0.25) is 10.0 Å².